The first kappa shape index (κ1) is 22.3. The van der Waals surface area contributed by atoms with Gasteiger partial charge in [0.05, 0.1) is 12.1 Å². The van der Waals surface area contributed by atoms with Crippen LogP contribution in [0.1, 0.15) is 53.9 Å². The van der Waals surface area contributed by atoms with Gasteiger partial charge < -0.3 is 14.9 Å². The second-order valence-corrected chi connectivity index (χ2v) is 9.19. The highest BCUT2D eigenvalue weighted by atomic mass is 16.6. The van der Waals surface area contributed by atoms with Gasteiger partial charge in [-0.25, -0.2) is 4.79 Å². The van der Waals surface area contributed by atoms with Gasteiger partial charge >= 0.3 is 5.97 Å². The number of nitrogens with two attached hydrogens (primary N) is 1. The van der Waals surface area contributed by atoms with E-state index in [4.69, 9.17) is 14.9 Å². The molecule has 0 atom stereocenters. The number of ether oxygens (including phenoxy) is 1. The second kappa shape index (κ2) is 9.02. The molecule has 5 rings (SSSR count). The smallest absolute Gasteiger partial charge is 0.339 e. The van der Waals surface area contributed by atoms with Crippen molar-refractivity contribution in [1.82, 2.24) is 15.1 Å². The Bertz CT molecular complexity index is 1210. The van der Waals surface area contributed by atoms with E-state index in [9.17, 15) is 9.59 Å². The number of esters is 1. The third-order valence-electron chi connectivity index (χ3n) is 6.63. The number of benzene rings is 2. The van der Waals surface area contributed by atoms with Crippen molar-refractivity contribution in [1.29, 1.82) is 0 Å². The van der Waals surface area contributed by atoms with E-state index in [1.165, 1.54) is 19.3 Å². The number of carbonyl (C=O) groups is 2. The maximum absolute atomic E-state index is 12.6. The molecule has 1 aromatic heterocycles. The molecule has 2 heterocycles. The lowest BCUT2D eigenvalue weighted by Gasteiger charge is -2.24. The Labute approximate surface area is 198 Å². The van der Waals surface area contributed by atoms with E-state index in [0.717, 1.165) is 35.3 Å². The van der Waals surface area contributed by atoms with Crippen LogP contribution < -0.4 is 5.73 Å². The molecule has 2 aliphatic rings. The number of nitrogens with zero attached hydrogens (tertiary/aromatic N) is 3. The number of likely N-dealkylation sites (tertiary alicyclic amines) is 1. The molecule has 0 unspecified atom stereocenters. The summed E-state index contributed by atoms with van der Waals surface area (Å²) in [6.45, 7) is 4.81. The average molecular weight is 461 g/mol. The predicted molar refractivity (Wildman–Crippen MR) is 126 cm³/mol. The highest BCUT2D eigenvalue weighted by Gasteiger charge is 2.53. The standard InChI is InChI=1S/C26H28N4O4/c1-17-5-6-20(24(31)34-26(11-12-26)25(27)32)15-21(17)18-7-9-19(10-8-18)23-29-28-22(33-23)16-30-13-3-2-4-14-30/h5-10,15H,2-4,11-14,16H2,1H3,(H2,27,32). The van der Waals surface area contributed by atoms with Gasteiger partial charge in [-0.1, -0.05) is 24.6 Å². The van der Waals surface area contributed by atoms with Crippen LogP contribution in [-0.2, 0) is 16.1 Å². The molecule has 1 amide bonds. The summed E-state index contributed by atoms with van der Waals surface area (Å²) in [5, 5.41) is 8.44. The van der Waals surface area contributed by atoms with E-state index in [-0.39, 0.29) is 0 Å². The van der Waals surface area contributed by atoms with Crippen LogP contribution in [0.5, 0.6) is 0 Å². The summed E-state index contributed by atoms with van der Waals surface area (Å²) in [6, 6.07) is 13.2. The summed E-state index contributed by atoms with van der Waals surface area (Å²) in [7, 11) is 0. The zero-order valence-corrected chi connectivity index (χ0v) is 19.3. The van der Waals surface area contributed by atoms with Crippen molar-refractivity contribution in [3.05, 3.63) is 59.5 Å². The summed E-state index contributed by atoms with van der Waals surface area (Å²) in [6.07, 6.45) is 4.67. The fourth-order valence-electron chi connectivity index (χ4n) is 4.34. The molecular weight excluding hydrogens is 432 g/mol. The number of hydrogen-bond acceptors (Lipinski definition) is 7. The Morgan fingerprint density at radius 3 is 2.41 bits per heavy atom. The molecule has 1 saturated carbocycles. The lowest BCUT2D eigenvalue weighted by molar-refractivity contribution is -0.128. The number of aryl methyl sites for hydroxylation is 1. The monoisotopic (exact) mass is 460 g/mol. The first-order valence-corrected chi connectivity index (χ1v) is 11.7. The SMILES string of the molecule is Cc1ccc(C(=O)OC2(C(N)=O)CC2)cc1-c1ccc(-c2nnc(CN3CCCCC3)o2)cc1. The fourth-order valence-corrected chi connectivity index (χ4v) is 4.34. The summed E-state index contributed by atoms with van der Waals surface area (Å²) in [5.74, 6) is -0.00799. The zero-order valence-electron chi connectivity index (χ0n) is 19.3. The molecule has 1 saturated heterocycles. The van der Waals surface area contributed by atoms with Crippen LogP contribution in [0.25, 0.3) is 22.6 Å². The quantitative estimate of drug-likeness (QED) is 0.533. The van der Waals surface area contributed by atoms with E-state index in [2.05, 4.69) is 15.1 Å². The minimum atomic E-state index is -1.14. The number of hydrogen-bond donors (Lipinski definition) is 1. The number of piperidine rings is 1. The lowest BCUT2D eigenvalue weighted by Crippen LogP contribution is -2.35. The first-order chi connectivity index (χ1) is 16.4. The largest absolute Gasteiger partial charge is 0.445 e. The summed E-state index contributed by atoms with van der Waals surface area (Å²) >= 11 is 0. The van der Waals surface area contributed by atoms with Gasteiger partial charge in [-0.2, -0.15) is 0 Å². The molecule has 8 heteroatoms. The second-order valence-electron chi connectivity index (χ2n) is 9.19. The van der Waals surface area contributed by atoms with Gasteiger partial charge in [0, 0.05) is 18.4 Å². The van der Waals surface area contributed by atoms with E-state index in [0.29, 0.717) is 36.7 Å². The molecule has 3 aromatic rings. The van der Waals surface area contributed by atoms with E-state index in [1.54, 1.807) is 12.1 Å². The van der Waals surface area contributed by atoms with Crippen molar-refractivity contribution < 1.29 is 18.7 Å². The third-order valence-corrected chi connectivity index (χ3v) is 6.63. The van der Waals surface area contributed by atoms with Gasteiger partial charge in [-0.3, -0.25) is 9.69 Å². The molecular formula is C26H28N4O4. The molecule has 176 valence electrons. The van der Waals surface area contributed by atoms with Crippen LogP contribution >= 0.6 is 0 Å². The molecule has 34 heavy (non-hydrogen) atoms. The topological polar surface area (TPSA) is 112 Å². The molecule has 0 radical (unpaired) electrons. The van der Waals surface area contributed by atoms with Gasteiger partial charge in [0.2, 0.25) is 11.8 Å². The Morgan fingerprint density at radius 2 is 1.74 bits per heavy atom. The lowest BCUT2D eigenvalue weighted by atomic mass is 9.97. The van der Waals surface area contributed by atoms with Crippen molar-refractivity contribution >= 4 is 11.9 Å². The van der Waals surface area contributed by atoms with Crippen molar-refractivity contribution in [3.8, 4) is 22.6 Å². The average Bonchev–Trinajstić information content (AvgIpc) is 3.49. The van der Waals surface area contributed by atoms with Crippen LogP contribution in [-0.4, -0.2) is 45.7 Å². The molecule has 2 N–H and O–H groups in total. The third kappa shape index (κ3) is 4.59. The number of amides is 1. The van der Waals surface area contributed by atoms with Crippen molar-refractivity contribution in [2.75, 3.05) is 13.1 Å². The predicted octanol–water partition coefficient (Wildman–Crippen LogP) is 3.87. The number of aromatic nitrogens is 2. The normalized spacial score (nSPS) is 17.3. The summed E-state index contributed by atoms with van der Waals surface area (Å²) < 4.78 is 11.3. The van der Waals surface area contributed by atoms with Crippen LogP contribution in [0.3, 0.4) is 0 Å². The van der Waals surface area contributed by atoms with E-state index >= 15 is 0 Å². The highest BCUT2D eigenvalue weighted by molar-refractivity contribution is 5.96. The molecule has 0 spiro atoms. The zero-order chi connectivity index (χ0) is 23.7. The van der Waals surface area contributed by atoms with Crippen molar-refractivity contribution in [3.63, 3.8) is 0 Å². The number of primary amides is 1. The van der Waals surface area contributed by atoms with Gasteiger partial charge in [-0.05, 0) is 73.8 Å². The first-order valence-electron chi connectivity index (χ1n) is 11.7. The van der Waals surface area contributed by atoms with Gasteiger partial charge in [0.25, 0.3) is 5.91 Å². The van der Waals surface area contributed by atoms with Crippen LogP contribution in [0.15, 0.2) is 46.9 Å². The molecule has 1 aliphatic carbocycles. The molecule has 8 nitrogen and oxygen atoms in total. The summed E-state index contributed by atoms with van der Waals surface area (Å²) in [4.78, 5) is 26.5. The molecule has 2 fully saturated rings. The number of carbonyl (C=O) groups excluding carboxylic acids is 2. The van der Waals surface area contributed by atoms with Gasteiger partial charge in [0.1, 0.15) is 0 Å². The minimum absolute atomic E-state index is 0.386. The Hall–Kier alpha value is -3.52. The highest BCUT2D eigenvalue weighted by Crippen LogP contribution is 2.40. The molecule has 1 aliphatic heterocycles. The maximum Gasteiger partial charge on any atom is 0.339 e. The Morgan fingerprint density at radius 1 is 1.03 bits per heavy atom. The summed E-state index contributed by atoms with van der Waals surface area (Å²) in [5.41, 5.74) is 8.33. The van der Waals surface area contributed by atoms with Crippen molar-refractivity contribution in [2.24, 2.45) is 5.73 Å². The fraction of sp³-hybridized carbons (Fsp3) is 0.385. The van der Waals surface area contributed by atoms with Crippen molar-refractivity contribution in [2.45, 2.75) is 51.2 Å². The van der Waals surface area contributed by atoms with Gasteiger partial charge in [0.15, 0.2) is 5.60 Å². The van der Waals surface area contributed by atoms with E-state index in [1.807, 2.05) is 37.3 Å². The van der Waals surface area contributed by atoms with Crippen LogP contribution in [0.2, 0.25) is 0 Å². The van der Waals surface area contributed by atoms with Gasteiger partial charge in [-0.15, -0.1) is 10.2 Å². The molecule has 2 aromatic carbocycles. The van der Waals surface area contributed by atoms with E-state index < -0.39 is 17.5 Å². The molecule has 0 bridgehead atoms. The Balaban J connectivity index is 1.31. The van der Waals surface area contributed by atoms with Crippen LogP contribution in [0.4, 0.5) is 0 Å². The minimum Gasteiger partial charge on any atom is -0.445 e. The number of rotatable bonds is 7. The Kier molecular flexibility index (Phi) is 5.91. The maximum atomic E-state index is 12.6. The van der Waals surface area contributed by atoms with Crippen LogP contribution in [0, 0.1) is 6.92 Å².